The van der Waals surface area contributed by atoms with Crippen LogP contribution in [0.15, 0.2) is 25.3 Å². The fourth-order valence-electron chi connectivity index (χ4n) is 4.56. The highest BCUT2D eigenvalue weighted by Gasteiger charge is 2.34. The van der Waals surface area contributed by atoms with E-state index in [2.05, 4.69) is 39.4 Å². The summed E-state index contributed by atoms with van der Waals surface area (Å²) in [7, 11) is 4.75. The van der Waals surface area contributed by atoms with E-state index >= 15 is 0 Å². The van der Waals surface area contributed by atoms with Crippen LogP contribution in [0.3, 0.4) is 0 Å². The van der Waals surface area contributed by atoms with Gasteiger partial charge in [0.05, 0.1) is 40.4 Å². The van der Waals surface area contributed by atoms with E-state index in [4.69, 9.17) is 4.74 Å². The van der Waals surface area contributed by atoms with Crippen LogP contribution in [0, 0.1) is 0 Å². The van der Waals surface area contributed by atoms with Gasteiger partial charge in [-0.25, -0.2) is 0 Å². The number of ether oxygens (including phenoxy) is 1. The Kier molecular flexibility index (Phi) is 6.87. The number of hydrogen-bond donors (Lipinski definition) is 0. The summed E-state index contributed by atoms with van der Waals surface area (Å²) in [5.41, 5.74) is 0. The summed E-state index contributed by atoms with van der Waals surface area (Å²) >= 11 is 0. The molecule has 0 aromatic rings. The van der Waals surface area contributed by atoms with Crippen LogP contribution in [-0.4, -0.2) is 74.5 Å². The molecule has 3 nitrogen and oxygen atoms in total. The van der Waals surface area contributed by atoms with Gasteiger partial charge in [0.15, 0.2) is 0 Å². The predicted octanol–water partition coefficient (Wildman–Crippen LogP) is 3.37. The van der Waals surface area contributed by atoms with Gasteiger partial charge in [-0.3, -0.25) is 0 Å². The van der Waals surface area contributed by atoms with Crippen molar-refractivity contribution in [1.82, 2.24) is 0 Å². The SMILES string of the molecule is C=CC1CCCC[N+]1(C)CCOCC[N+]1(C)CCCCC1C=C. The van der Waals surface area contributed by atoms with Gasteiger partial charge in [0.2, 0.25) is 0 Å². The number of rotatable bonds is 8. The normalized spacial score (nSPS) is 38.2. The summed E-state index contributed by atoms with van der Waals surface area (Å²) in [5.74, 6) is 0. The minimum atomic E-state index is 0.615. The van der Waals surface area contributed by atoms with Gasteiger partial charge in [0, 0.05) is 12.8 Å². The lowest BCUT2D eigenvalue weighted by Gasteiger charge is -2.44. The average Bonchev–Trinajstić information content (AvgIpc) is 2.55. The van der Waals surface area contributed by atoms with Crippen LogP contribution in [0.4, 0.5) is 0 Å². The van der Waals surface area contributed by atoms with E-state index in [-0.39, 0.29) is 0 Å². The zero-order chi connectivity index (χ0) is 16.8. The standard InChI is InChI=1S/C20H38N2O/c1-5-19-11-7-9-13-21(19,3)15-17-23-18-16-22(4)14-10-8-12-20(22)6-2/h5-6,19-20H,1-2,7-18H2,3-4H3/q+2. The molecule has 0 bridgehead atoms. The Balaban J connectivity index is 1.72. The Labute approximate surface area is 143 Å². The van der Waals surface area contributed by atoms with Gasteiger partial charge in [-0.2, -0.15) is 0 Å². The van der Waals surface area contributed by atoms with Crippen molar-refractivity contribution in [2.75, 3.05) is 53.5 Å². The van der Waals surface area contributed by atoms with Gasteiger partial charge < -0.3 is 13.7 Å². The monoisotopic (exact) mass is 322 g/mol. The van der Waals surface area contributed by atoms with Gasteiger partial charge in [-0.1, -0.05) is 13.2 Å². The number of likely N-dealkylation sites (tertiary alicyclic amines) is 2. The number of likely N-dealkylation sites (N-methyl/N-ethyl adjacent to an activating group) is 2. The van der Waals surface area contributed by atoms with Crippen molar-refractivity contribution in [3.05, 3.63) is 25.3 Å². The Morgan fingerprint density at radius 3 is 1.65 bits per heavy atom. The molecule has 4 atom stereocenters. The van der Waals surface area contributed by atoms with E-state index < -0.39 is 0 Å². The predicted molar refractivity (Wildman–Crippen MR) is 98.3 cm³/mol. The molecule has 2 rings (SSSR count). The van der Waals surface area contributed by atoms with Gasteiger partial charge in [0.1, 0.15) is 25.2 Å². The van der Waals surface area contributed by atoms with Crippen LogP contribution in [0.1, 0.15) is 38.5 Å². The Morgan fingerprint density at radius 1 is 0.826 bits per heavy atom. The maximum Gasteiger partial charge on any atom is 0.107 e. The lowest BCUT2D eigenvalue weighted by Crippen LogP contribution is -2.56. The molecule has 0 aromatic carbocycles. The van der Waals surface area contributed by atoms with E-state index in [0.29, 0.717) is 12.1 Å². The van der Waals surface area contributed by atoms with E-state index in [1.807, 2.05) is 0 Å². The molecule has 3 heteroatoms. The van der Waals surface area contributed by atoms with Crippen LogP contribution in [0.5, 0.6) is 0 Å². The Hall–Kier alpha value is -0.640. The third-order valence-electron chi connectivity index (χ3n) is 6.48. The molecule has 2 aliphatic rings. The molecule has 0 radical (unpaired) electrons. The summed E-state index contributed by atoms with van der Waals surface area (Å²) in [4.78, 5) is 0. The maximum atomic E-state index is 6.06. The minimum absolute atomic E-state index is 0.615. The van der Waals surface area contributed by atoms with E-state index in [1.165, 1.54) is 51.6 Å². The first-order valence-electron chi connectivity index (χ1n) is 9.55. The van der Waals surface area contributed by atoms with Gasteiger partial charge in [-0.05, 0) is 37.8 Å². The molecule has 23 heavy (non-hydrogen) atoms. The summed E-state index contributed by atoms with van der Waals surface area (Å²) in [6, 6.07) is 1.23. The van der Waals surface area contributed by atoms with Crippen molar-refractivity contribution in [3.63, 3.8) is 0 Å². The molecule has 4 unspecified atom stereocenters. The molecule has 0 aliphatic carbocycles. The first-order chi connectivity index (χ1) is 11.0. The first kappa shape index (κ1) is 18.7. The van der Waals surface area contributed by atoms with Crippen molar-refractivity contribution < 1.29 is 13.7 Å². The fraction of sp³-hybridized carbons (Fsp3) is 0.800. The number of quaternary nitrogens is 2. The molecule has 0 saturated carbocycles. The lowest BCUT2D eigenvalue weighted by atomic mass is 9.99. The smallest absolute Gasteiger partial charge is 0.107 e. The second-order valence-corrected chi connectivity index (χ2v) is 8.06. The van der Waals surface area contributed by atoms with Crippen molar-refractivity contribution >= 4 is 0 Å². The average molecular weight is 323 g/mol. The minimum Gasteiger partial charge on any atom is -0.370 e. The van der Waals surface area contributed by atoms with Gasteiger partial charge >= 0.3 is 0 Å². The Morgan fingerprint density at radius 2 is 1.26 bits per heavy atom. The number of hydrogen-bond acceptors (Lipinski definition) is 1. The molecule has 2 aliphatic heterocycles. The van der Waals surface area contributed by atoms with Crippen LogP contribution in [0.2, 0.25) is 0 Å². The quantitative estimate of drug-likeness (QED) is 0.378. The molecule has 2 heterocycles. The van der Waals surface area contributed by atoms with Crippen molar-refractivity contribution in [2.45, 2.75) is 50.6 Å². The van der Waals surface area contributed by atoms with Crippen LogP contribution in [0.25, 0.3) is 0 Å². The van der Waals surface area contributed by atoms with Crippen LogP contribution < -0.4 is 0 Å². The molecule has 2 fully saturated rings. The van der Waals surface area contributed by atoms with Crippen molar-refractivity contribution in [1.29, 1.82) is 0 Å². The third-order valence-corrected chi connectivity index (χ3v) is 6.48. The topological polar surface area (TPSA) is 9.23 Å². The number of nitrogens with zero attached hydrogens (tertiary/aromatic N) is 2. The molecule has 0 amide bonds. The Bertz CT molecular complexity index is 361. The number of piperidine rings is 2. The summed E-state index contributed by atoms with van der Waals surface area (Å²) in [6.45, 7) is 14.6. The second-order valence-electron chi connectivity index (χ2n) is 8.06. The van der Waals surface area contributed by atoms with E-state index in [9.17, 15) is 0 Å². The van der Waals surface area contributed by atoms with Crippen molar-refractivity contribution in [2.24, 2.45) is 0 Å². The highest BCUT2D eigenvalue weighted by Crippen LogP contribution is 2.25. The molecule has 132 valence electrons. The molecule has 0 N–H and O–H groups in total. The molecule has 2 saturated heterocycles. The molecule has 0 spiro atoms. The summed E-state index contributed by atoms with van der Waals surface area (Å²) < 4.78 is 8.29. The molecular weight excluding hydrogens is 284 g/mol. The van der Waals surface area contributed by atoms with Crippen molar-refractivity contribution in [3.8, 4) is 0 Å². The van der Waals surface area contributed by atoms with Gasteiger partial charge in [0.25, 0.3) is 0 Å². The second kappa shape index (κ2) is 8.46. The summed E-state index contributed by atoms with van der Waals surface area (Å²) in [6.07, 6.45) is 12.3. The van der Waals surface area contributed by atoms with Gasteiger partial charge in [-0.15, -0.1) is 0 Å². The van der Waals surface area contributed by atoms with E-state index in [1.54, 1.807) is 0 Å². The molecular formula is C20H38N2O+2. The molecule has 0 aromatic heterocycles. The largest absolute Gasteiger partial charge is 0.370 e. The van der Waals surface area contributed by atoms with Crippen LogP contribution in [-0.2, 0) is 4.74 Å². The maximum absolute atomic E-state index is 6.06. The fourth-order valence-corrected chi connectivity index (χ4v) is 4.56. The van der Waals surface area contributed by atoms with E-state index in [0.717, 1.165) is 35.3 Å². The highest BCUT2D eigenvalue weighted by molar-refractivity contribution is 4.83. The third kappa shape index (κ3) is 4.68. The summed E-state index contributed by atoms with van der Waals surface area (Å²) in [5, 5.41) is 0. The first-order valence-corrected chi connectivity index (χ1v) is 9.55. The lowest BCUT2D eigenvalue weighted by molar-refractivity contribution is -0.935. The zero-order valence-electron chi connectivity index (χ0n) is 15.5. The van der Waals surface area contributed by atoms with Crippen LogP contribution >= 0.6 is 0 Å². The zero-order valence-corrected chi connectivity index (χ0v) is 15.5. The highest BCUT2D eigenvalue weighted by atomic mass is 16.5.